The molecule has 0 aliphatic heterocycles. The van der Waals surface area contributed by atoms with Crippen LogP contribution in [-0.4, -0.2) is 35.6 Å². The van der Waals surface area contributed by atoms with E-state index in [4.69, 9.17) is 0 Å². The summed E-state index contributed by atoms with van der Waals surface area (Å²) in [6.45, 7) is 1.35. The number of carbonyl (C=O) groups excluding carboxylic acids is 2. The number of amides is 2. The lowest BCUT2D eigenvalue weighted by atomic mass is 9.92. The Morgan fingerprint density at radius 2 is 2.00 bits per heavy atom. The fourth-order valence-corrected chi connectivity index (χ4v) is 1.74. The highest BCUT2D eigenvalue weighted by Crippen LogP contribution is 2.17. The number of hydrogen-bond donors (Lipinski definition) is 3. The Morgan fingerprint density at radius 1 is 1.33 bits per heavy atom. The van der Waals surface area contributed by atoms with Gasteiger partial charge < -0.3 is 15.7 Å². The molecule has 0 aromatic rings. The zero-order chi connectivity index (χ0) is 11.3. The van der Waals surface area contributed by atoms with Gasteiger partial charge in [0.05, 0.1) is 18.7 Å². The van der Waals surface area contributed by atoms with Crippen molar-refractivity contribution in [2.75, 3.05) is 6.54 Å². The fourth-order valence-electron chi connectivity index (χ4n) is 1.74. The molecule has 5 heteroatoms. The molecule has 15 heavy (non-hydrogen) atoms. The van der Waals surface area contributed by atoms with Crippen molar-refractivity contribution in [2.24, 2.45) is 0 Å². The van der Waals surface area contributed by atoms with Gasteiger partial charge in [-0.2, -0.15) is 0 Å². The standard InChI is InChI=1S/C10H18N2O3/c1-7(13)11-6-10(15)12-8-4-2-3-5-9(8)14/h8-9,14H,2-6H2,1H3,(H,11,13)(H,12,15)/t8-,9-/m1/s1. The molecule has 1 fully saturated rings. The third-order valence-electron chi connectivity index (χ3n) is 2.57. The predicted octanol–water partition coefficient (Wildman–Crippen LogP) is -0.458. The lowest BCUT2D eigenvalue weighted by Crippen LogP contribution is -2.48. The molecule has 1 aliphatic carbocycles. The molecule has 0 saturated heterocycles. The predicted molar refractivity (Wildman–Crippen MR) is 55.1 cm³/mol. The third-order valence-corrected chi connectivity index (χ3v) is 2.57. The van der Waals surface area contributed by atoms with Crippen molar-refractivity contribution in [2.45, 2.75) is 44.8 Å². The van der Waals surface area contributed by atoms with Crippen molar-refractivity contribution in [3.05, 3.63) is 0 Å². The van der Waals surface area contributed by atoms with Gasteiger partial charge in [0, 0.05) is 6.92 Å². The molecular formula is C10H18N2O3. The van der Waals surface area contributed by atoms with Crippen LogP contribution in [0.2, 0.25) is 0 Å². The van der Waals surface area contributed by atoms with E-state index in [0.717, 1.165) is 25.7 Å². The molecule has 0 unspecified atom stereocenters. The van der Waals surface area contributed by atoms with Crippen LogP contribution in [0.5, 0.6) is 0 Å². The fraction of sp³-hybridized carbons (Fsp3) is 0.800. The molecule has 3 N–H and O–H groups in total. The Balaban J connectivity index is 2.26. The number of carbonyl (C=O) groups is 2. The van der Waals surface area contributed by atoms with E-state index in [0.29, 0.717) is 0 Å². The normalized spacial score (nSPS) is 25.7. The quantitative estimate of drug-likeness (QED) is 0.595. The maximum atomic E-state index is 11.3. The Morgan fingerprint density at radius 3 is 2.60 bits per heavy atom. The second kappa shape index (κ2) is 5.70. The largest absolute Gasteiger partial charge is 0.391 e. The van der Waals surface area contributed by atoms with Crippen LogP contribution >= 0.6 is 0 Å². The van der Waals surface area contributed by atoms with E-state index >= 15 is 0 Å². The molecule has 0 heterocycles. The van der Waals surface area contributed by atoms with Gasteiger partial charge in [0.1, 0.15) is 0 Å². The van der Waals surface area contributed by atoms with Crippen LogP contribution in [0.3, 0.4) is 0 Å². The van der Waals surface area contributed by atoms with Crippen LogP contribution in [0.25, 0.3) is 0 Å². The topological polar surface area (TPSA) is 78.4 Å². The zero-order valence-electron chi connectivity index (χ0n) is 8.95. The zero-order valence-corrected chi connectivity index (χ0v) is 8.95. The molecule has 1 aliphatic rings. The maximum Gasteiger partial charge on any atom is 0.239 e. The van der Waals surface area contributed by atoms with Gasteiger partial charge >= 0.3 is 0 Å². The summed E-state index contributed by atoms with van der Waals surface area (Å²) in [6, 6.07) is -0.153. The highest BCUT2D eigenvalue weighted by Gasteiger charge is 2.24. The first kappa shape index (κ1) is 12.0. The molecular weight excluding hydrogens is 196 g/mol. The Hall–Kier alpha value is -1.10. The van der Waals surface area contributed by atoms with Crippen LogP contribution in [0.1, 0.15) is 32.6 Å². The molecule has 0 bridgehead atoms. The SMILES string of the molecule is CC(=O)NCC(=O)N[C@@H]1CCCC[C@H]1O. The smallest absolute Gasteiger partial charge is 0.239 e. The van der Waals surface area contributed by atoms with Crippen LogP contribution in [0, 0.1) is 0 Å². The second-order valence-corrected chi connectivity index (χ2v) is 3.94. The van der Waals surface area contributed by atoms with Gasteiger partial charge in [0.25, 0.3) is 0 Å². The van der Waals surface area contributed by atoms with Crippen LogP contribution < -0.4 is 10.6 Å². The minimum Gasteiger partial charge on any atom is -0.391 e. The molecule has 1 rings (SSSR count). The lowest BCUT2D eigenvalue weighted by Gasteiger charge is -2.28. The molecule has 0 spiro atoms. The first-order chi connectivity index (χ1) is 7.09. The summed E-state index contributed by atoms with van der Waals surface area (Å²) in [7, 11) is 0. The molecule has 0 aromatic carbocycles. The number of hydrogen-bond acceptors (Lipinski definition) is 3. The van der Waals surface area contributed by atoms with Crippen LogP contribution in [0.4, 0.5) is 0 Å². The van der Waals surface area contributed by atoms with Crippen LogP contribution in [0.15, 0.2) is 0 Å². The molecule has 0 aromatic heterocycles. The van der Waals surface area contributed by atoms with Gasteiger partial charge in [-0.1, -0.05) is 12.8 Å². The van der Waals surface area contributed by atoms with Gasteiger partial charge in [0.15, 0.2) is 0 Å². The first-order valence-electron chi connectivity index (χ1n) is 5.31. The summed E-state index contributed by atoms with van der Waals surface area (Å²) >= 11 is 0. The van der Waals surface area contributed by atoms with Crippen LogP contribution in [-0.2, 0) is 9.59 Å². The number of rotatable bonds is 3. The number of aliphatic hydroxyl groups excluding tert-OH is 1. The van der Waals surface area contributed by atoms with E-state index in [9.17, 15) is 14.7 Å². The molecule has 86 valence electrons. The summed E-state index contributed by atoms with van der Waals surface area (Å²) in [5.41, 5.74) is 0. The average Bonchev–Trinajstić information content (AvgIpc) is 2.18. The van der Waals surface area contributed by atoms with Crippen molar-refractivity contribution < 1.29 is 14.7 Å². The van der Waals surface area contributed by atoms with Gasteiger partial charge in [0.2, 0.25) is 11.8 Å². The Bertz CT molecular complexity index is 243. The van der Waals surface area contributed by atoms with Gasteiger partial charge in [-0.15, -0.1) is 0 Å². The Labute approximate surface area is 89.2 Å². The van der Waals surface area contributed by atoms with E-state index in [1.807, 2.05) is 0 Å². The highest BCUT2D eigenvalue weighted by atomic mass is 16.3. The summed E-state index contributed by atoms with van der Waals surface area (Å²) in [5, 5.41) is 14.7. The van der Waals surface area contributed by atoms with Gasteiger partial charge in [-0.3, -0.25) is 9.59 Å². The molecule has 2 amide bonds. The molecule has 1 saturated carbocycles. The van der Waals surface area contributed by atoms with Crippen molar-refractivity contribution >= 4 is 11.8 Å². The second-order valence-electron chi connectivity index (χ2n) is 3.94. The highest BCUT2D eigenvalue weighted by molar-refractivity contribution is 5.83. The van der Waals surface area contributed by atoms with Crippen molar-refractivity contribution in [1.82, 2.24) is 10.6 Å². The summed E-state index contributed by atoms with van der Waals surface area (Å²) in [6.07, 6.45) is 3.15. The van der Waals surface area contributed by atoms with E-state index in [1.165, 1.54) is 6.92 Å². The van der Waals surface area contributed by atoms with E-state index < -0.39 is 6.10 Å². The molecule has 2 atom stereocenters. The summed E-state index contributed by atoms with van der Waals surface area (Å²) in [4.78, 5) is 21.9. The average molecular weight is 214 g/mol. The van der Waals surface area contributed by atoms with Gasteiger partial charge in [-0.05, 0) is 12.8 Å². The lowest BCUT2D eigenvalue weighted by molar-refractivity contribution is -0.126. The summed E-state index contributed by atoms with van der Waals surface area (Å²) < 4.78 is 0. The summed E-state index contributed by atoms with van der Waals surface area (Å²) in [5.74, 6) is -0.467. The molecule has 5 nitrogen and oxygen atoms in total. The van der Waals surface area contributed by atoms with E-state index in [2.05, 4.69) is 10.6 Å². The van der Waals surface area contributed by atoms with Gasteiger partial charge in [-0.25, -0.2) is 0 Å². The van der Waals surface area contributed by atoms with Crippen molar-refractivity contribution in [3.63, 3.8) is 0 Å². The number of aliphatic hydroxyl groups is 1. The monoisotopic (exact) mass is 214 g/mol. The van der Waals surface area contributed by atoms with Crippen molar-refractivity contribution in [3.8, 4) is 0 Å². The first-order valence-corrected chi connectivity index (χ1v) is 5.31. The maximum absolute atomic E-state index is 11.3. The minimum absolute atomic E-state index is 0.0153. The minimum atomic E-state index is -0.444. The molecule has 0 radical (unpaired) electrons. The number of nitrogens with one attached hydrogen (secondary N) is 2. The van der Waals surface area contributed by atoms with E-state index in [-0.39, 0.29) is 24.4 Å². The van der Waals surface area contributed by atoms with E-state index in [1.54, 1.807) is 0 Å². The third kappa shape index (κ3) is 4.29. The Kier molecular flexibility index (Phi) is 4.55. The van der Waals surface area contributed by atoms with Crippen molar-refractivity contribution in [1.29, 1.82) is 0 Å².